The van der Waals surface area contributed by atoms with E-state index in [9.17, 15) is 9.18 Å². The van der Waals surface area contributed by atoms with Crippen LogP contribution in [0.5, 0.6) is 0 Å². The normalized spacial score (nSPS) is 20.8. The van der Waals surface area contributed by atoms with Gasteiger partial charge in [-0.1, -0.05) is 13.0 Å². The molecule has 1 aromatic carbocycles. The summed E-state index contributed by atoms with van der Waals surface area (Å²) in [5.41, 5.74) is 1.62. The van der Waals surface area contributed by atoms with Crippen LogP contribution in [0.25, 0.3) is 0 Å². The summed E-state index contributed by atoms with van der Waals surface area (Å²) in [6, 6.07) is 4.50. The average molecular weight is 179 g/mol. The lowest BCUT2D eigenvalue weighted by Gasteiger charge is -2.21. The van der Waals surface area contributed by atoms with Gasteiger partial charge in [0.05, 0.1) is 0 Å². The molecular weight excluding hydrogens is 169 g/mol. The van der Waals surface area contributed by atoms with Crippen molar-refractivity contribution in [1.82, 2.24) is 0 Å². The second-order valence-electron chi connectivity index (χ2n) is 3.40. The molecule has 1 aliphatic rings. The van der Waals surface area contributed by atoms with Crippen molar-refractivity contribution in [2.75, 3.05) is 5.32 Å². The van der Waals surface area contributed by atoms with Crippen molar-refractivity contribution in [2.24, 2.45) is 5.92 Å². The van der Waals surface area contributed by atoms with Crippen molar-refractivity contribution in [3.63, 3.8) is 0 Å². The SMILES string of the molecule is CC1Cc2ccc(F)cc2NC1=O. The smallest absolute Gasteiger partial charge is 0.227 e. The van der Waals surface area contributed by atoms with Gasteiger partial charge in [0.25, 0.3) is 0 Å². The summed E-state index contributed by atoms with van der Waals surface area (Å²) in [5, 5.41) is 2.67. The van der Waals surface area contributed by atoms with E-state index in [1.54, 1.807) is 6.07 Å². The number of benzene rings is 1. The van der Waals surface area contributed by atoms with Crippen LogP contribution in [0.1, 0.15) is 12.5 Å². The highest BCUT2D eigenvalue weighted by Crippen LogP contribution is 2.25. The first-order chi connectivity index (χ1) is 6.16. The van der Waals surface area contributed by atoms with Crippen LogP contribution in [0.2, 0.25) is 0 Å². The van der Waals surface area contributed by atoms with E-state index in [0.29, 0.717) is 12.1 Å². The molecule has 1 unspecified atom stereocenters. The van der Waals surface area contributed by atoms with Crippen molar-refractivity contribution >= 4 is 11.6 Å². The quantitative estimate of drug-likeness (QED) is 0.648. The Balaban J connectivity index is 2.42. The highest BCUT2D eigenvalue weighted by molar-refractivity contribution is 5.95. The molecule has 0 spiro atoms. The summed E-state index contributed by atoms with van der Waals surface area (Å²) >= 11 is 0. The predicted molar refractivity (Wildman–Crippen MR) is 47.9 cm³/mol. The van der Waals surface area contributed by atoms with E-state index in [2.05, 4.69) is 5.32 Å². The van der Waals surface area contributed by atoms with Crippen molar-refractivity contribution in [2.45, 2.75) is 13.3 Å². The summed E-state index contributed by atoms with van der Waals surface area (Å²) in [7, 11) is 0. The number of hydrogen-bond donors (Lipinski definition) is 1. The number of fused-ring (bicyclic) bond motifs is 1. The second-order valence-corrected chi connectivity index (χ2v) is 3.40. The zero-order valence-electron chi connectivity index (χ0n) is 7.30. The maximum Gasteiger partial charge on any atom is 0.227 e. The third-order valence-corrected chi connectivity index (χ3v) is 2.30. The molecule has 0 bridgehead atoms. The lowest BCUT2D eigenvalue weighted by Crippen LogP contribution is -2.27. The molecule has 0 saturated carbocycles. The van der Waals surface area contributed by atoms with Gasteiger partial charge in [0, 0.05) is 11.6 Å². The van der Waals surface area contributed by atoms with Gasteiger partial charge in [-0.15, -0.1) is 0 Å². The molecular formula is C10H10FNO. The van der Waals surface area contributed by atoms with E-state index in [1.807, 2.05) is 6.92 Å². The van der Waals surface area contributed by atoms with Gasteiger partial charge in [0.2, 0.25) is 5.91 Å². The predicted octanol–water partition coefficient (Wildman–Crippen LogP) is 1.96. The Morgan fingerprint density at radius 2 is 2.31 bits per heavy atom. The molecule has 0 radical (unpaired) electrons. The van der Waals surface area contributed by atoms with Crippen LogP contribution in [-0.2, 0) is 11.2 Å². The molecule has 13 heavy (non-hydrogen) atoms. The Labute approximate surface area is 75.8 Å². The molecule has 1 N–H and O–H groups in total. The first kappa shape index (κ1) is 8.23. The molecule has 1 heterocycles. The molecule has 0 saturated heterocycles. The number of carbonyl (C=O) groups is 1. The van der Waals surface area contributed by atoms with Crippen LogP contribution in [0, 0.1) is 11.7 Å². The first-order valence-corrected chi connectivity index (χ1v) is 4.26. The number of halogens is 1. The molecule has 68 valence electrons. The second kappa shape index (κ2) is 2.83. The van der Waals surface area contributed by atoms with Crippen molar-refractivity contribution in [1.29, 1.82) is 0 Å². The maximum atomic E-state index is 12.8. The Bertz CT molecular complexity index is 362. The van der Waals surface area contributed by atoms with Crippen molar-refractivity contribution < 1.29 is 9.18 Å². The van der Waals surface area contributed by atoms with Crippen LogP contribution in [0.15, 0.2) is 18.2 Å². The number of nitrogens with one attached hydrogen (secondary N) is 1. The van der Waals surface area contributed by atoms with Gasteiger partial charge in [-0.05, 0) is 24.1 Å². The van der Waals surface area contributed by atoms with E-state index in [0.717, 1.165) is 5.56 Å². The molecule has 1 amide bonds. The Kier molecular flexibility index (Phi) is 1.79. The van der Waals surface area contributed by atoms with Gasteiger partial charge in [0.15, 0.2) is 0 Å². The number of anilines is 1. The zero-order valence-corrected chi connectivity index (χ0v) is 7.30. The van der Waals surface area contributed by atoms with Crippen LogP contribution in [0.4, 0.5) is 10.1 Å². The summed E-state index contributed by atoms with van der Waals surface area (Å²) in [4.78, 5) is 11.2. The number of hydrogen-bond acceptors (Lipinski definition) is 1. The van der Waals surface area contributed by atoms with E-state index in [-0.39, 0.29) is 17.6 Å². The summed E-state index contributed by atoms with van der Waals surface area (Å²) < 4.78 is 12.8. The number of amides is 1. The fraction of sp³-hybridized carbons (Fsp3) is 0.300. The van der Waals surface area contributed by atoms with Crippen molar-refractivity contribution in [3.05, 3.63) is 29.6 Å². The van der Waals surface area contributed by atoms with Gasteiger partial charge in [-0.2, -0.15) is 0 Å². The molecule has 2 rings (SSSR count). The van der Waals surface area contributed by atoms with E-state index in [1.165, 1.54) is 12.1 Å². The molecule has 1 aromatic rings. The average Bonchev–Trinajstić information content (AvgIpc) is 2.08. The Morgan fingerprint density at radius 1 is 1.54 bits per heavy atom. The van der Waals surface area contributed by atoms with E-state index < -0.39 is 0 Å². The minimum absolute atomic E-state index is 0.0158. The molecule has 3 heteroatoms. The monoisotopic (exact) mass is 179 g/mol. The van der Waals surface area contributed by atoms with Crippen LogP contribution in [0.3, 0.4) is 0 Å². The standard InChI is InChI=1S/C10H10FNO/c1-6-4-7-2-3-8(11)5-9(7)12-10(6)13/h2-3,5-6H,4H2,1H3,(H,12,13). The van der Waals surface area contributed by atoms with Crippen LogP contribution < -0.4 is 5.32 Å². The molecule has 0 aromatic heterocycles. The van der Waals surface area contributed by atoms with Crippen molar-refractivity contribution in [3.8, 4) is 0 Å². The highest BCUT2D eigenvalue weighted by atomic mass is 19.1. The number of rotatable bonds is 0. The topological polar surface area (TPSA) is 29.1 Å². The van der Waals surface area contributed by atoms with Crippen LogP contribution >= 0.6 is 0 Å². The fourth-order valence-corrected chi connectivity index (χ4v) is 1.52. The molecule has 1 atom stereocenters. The Morgan fingerprint density at radius 3 is 3.08 bits per heavy atom. The number of carbonyl (C=O) groups excluding carboxylic acids is 1. The molecule has 2 nitrogen and oxygen atoms in total. The lowest BCUT2D eigenvalue weighted by molar-refractivity contribution is -0.119. The third kappa shape index (κ3) is 1.41. The first-order valence-electron chi connectivity index (χ1n) is 4.26. The maximum absolute atomic E-state index is 12.8. The summed E-state index contributed by atoms with van der Waals surface area (Å²) in [6.45, 7) is 1.86. The zero-order chi connectivity index (χ0) is 9.42. The highest BCUT2D eigenvalue weighted by Gasteiger charge is 2.21. The van der Waals surface area contributed by atoms with Gasteiger partial charge in [-0.3, -0.25) is 4.79 Å². The molecule has 1 aliphatic heterocycles. The molecule has 0 fully saturated rings. The fourth-order valence-electron chi connectivity index (χ4n) is 1.52. The van der Waals surface area contributed by atoms with E-state index >= 15 is 0 Å². The van der Waals surface area contributed by atoms with Gasteiger partial charge in [-0.25, -0.2) is 4.39 Å². The minimum atomic E-state index is -0.311. The lowest BCUT2D eigenvalue weighted by atomic mass is 9.95. The minimum Gasteiger partial charge on any atom is -0.325 e. The summed E-state index contributed by atoms with van der Waals surface area (Å²) in [5.74, 6) is -0.357. The Hall–Kier alpha value is -1.38. The van der Waals surface area contributed by atoms with E-state index in [4.69, 9.17) is 0 Å². The van der Waals surface area contributed by atoms with Crippen LogP contribution in [-0.4, -0.2) is 5.91 Å². The summed E-state index contributed by atoms with van der Waals surface area (Å²) in [6.07, 6.45) is 0.696. The van der Waals surface area contributed by atoms with Gasteiger partial charge >= 0.3 is 0 Å². The van der Waals surface area contributed by atoms with Gasteiger partial charge < -0.3 is 5.32 Å². The largest absolute Gasteiger partial charge is 0.325 e. The van der Waals surface area contributed by atoms with Gasteiger partial charge in [0.1, 0.15) is 5.82 Å². The molecule has 0 aliphatic carbocycles. The third-order valence-electron chi connectivity index (χ3n) is 2.30.